The van der Waals surface area contributed by atoms with Crippen LogP contribution >= 0.6 is 0 Å². The lowest BCUT2D eigenvalue weighted by Crippen LogP contribution is -2.37. The molecule has 102 valence electrons. The molecule has 1 aromatic rings. The second-order valence-electron chi connectivity index (χ2n) is 4.48. The first-order valence-corrected chi connectivity index (χ1v) is 6.11. The normalized spacial score (nSPS) is 13.7. The molecule has 19 heavy (non-hydrogen) atoms. The monoisotopic (exact) mass is 263 g/mol. The zero-order valence-electron chi connectivity index (χ0n) is 10.7. The summed E-state index contributed by atoms with van der Waals surface area (Å²) in [6.45, 7) is -0.0265. The molecule has 4 N–H and O–H groups in total. The Morgan fingerprint density at radius 3 is 2.74 bits per heavy atom. The quantitative estimate of drug-likeness (QED) is 0.665. The van der Waals surface area contributed by atoms with Crippen LogP contribution in [0.3, 0.4) is 0 Å². The van der Waals surface area contributed by atoms with Crippen molar-refractivity contribution in [3.63, 3.8) is 0 Å². The van der Waals surface area contributed by atoms with Gasteiger partial charge in [-0.15, -0.1) is 0 Å². The number of amides is 2. The third-order valence-electron chi connectivity index (χ3n) is 2.84. The number of rotatable bonds is 5. The number of nitrogens with one attached hydrogen (secondary N) is 2. The van der Waals surface area contributed by atoms with Crippen LogP contribution in [0, 0.1) is 0 Å². The zero-order valence-corrected chi connectivity index (χ0v) is 10.7. The van der Waals surface area contributed by atoms with E-state index in [2.05, 4.69) is 10.6 Å². The molecule has 0 spiro atoms. The van der Waals surface area contributed by atoms with E-state index in [4.69, 9.17) is 10.5 Å². The molecule has 6 nitrogen and oxygen atoms in total. The summed E-state index contributed by atoms with van der Waals surface area (Å²) in [5, 5.41) is 5.34. The van der Waals surface area contributed by atoms with Gasteiger partial charge >= 0.3 is 0 Å². The van der Waals surface area contributed by atoms with E-state index in [1.54, 1.807) is 12.1 Å². The number of anilines is 1. The van der Waals surface area contributed by atoms with Crippen LogP contribution in [0.25, 0.3) is 0 Å². The van der Waals surface area contributed by atoms with Gasteiger partial charge in [0.2, 0.25) is 5.91 Å². The summed E-state index contributed by atoms with van der Waals surface area (Å²) < 4.78 is 5.01. The van der Waals surface area contributed by atoms with E-state index in [1.165, 1.54) is 13.2 Å². The van der Waals surface area contributed by atoms with Gasteiger partial charge in [0.15, 0.2) is 0 Å². The SMILES string of the molecule is COc1ccc(C(=O)NCC(=O)NC2CC2)cc1N. The number of ether oxygens (including phenoxy) is 1. The maximum atomic E-state index is 11.8. The van der Waals surface area contributed by atoms with Crippen LogP contribution in [0.1, 0.15) is 23.2 Å². The Balaban J connectivity index is 1.88. The van der Waals surface area contributed by atoms with Crippen molar-refractivity contribution in [2.45, 2.75) is 18.9 Å². The first-order valence-electron chi connectivity index (χ1n) is 6.11. The highest BCUT2D eigenvalue weighted by Crippen LogP contribution is 2.21. The number of nitrogens with two attached hydrogens (primary N) is 1. The number of hydrogen-bond donors (Lipinski definition) is 3. The molecule has 1 fully saturated rings. The third-order valence-corrected chi connectivity index (χ3v) is 2.84. The van der Waals surface area contributed by atoms with Crippen LogP contribution in [-0.2, 0) is 4.79 Å². The molecule has 1 saturated carbocycles. The summed E-state index contributed by atoms with van der Waals surface area (Å²) in [5.41, 5.74) is 6.50. The number of carbonyl (C=O) groups is 2. The molecule has 0 heterocycles. The largest absolute Gasteiger partial charge is 0.495 e. The van der Waals surface area contributed by atoms with E-state index in [0.717, 1.165) is 12.8 Å². The van der Waals surface area contributed by atoms with E-state index in [1.807, 2.05) is 0 Å². The van der Waals surface area contributed by atoms with Crippen LogP contribution in [0.2, 0.25) is 0 Å². The van der Waals surface area contributed by atoms with Crippen molar-refractivity contribution in [2.24, 2.45) is 0 Å². The average molecular weight is 263 g/mol. The standard InChI is InChI=1S/C13H17N3O3/c1-19-11-5-2-8(6-10(11)14)13(18)15-7-12(17)16-9-3-4-9/h2,5-6,9H,3-4,7,14H2,1H3,(H,15,18)(H,16,17). The minimum absolute atomic E-state index is 0.0265. The Labute approximate surface area is 111 Å². The van der Waals surface area contributed by atoms with Gasteiger partial charge in [-0.1, -0.05) is 0 Å². The molecule has 0 aliphatic heterocycles. The zero-order chi connectivity index (χ0) is 13.8. The maximum Gasteiger partial charge on any atom is 0.251 e. The number of nitrogen functional groups attached to an aromatic ring is 1. The van der Waals surface area contributed by atoms with Crippen molar-refractivity contribution in [3.05, 3.63) is 23.8 Å². The van der Waals surface area contributed by atoms with Gasteiger partial charge in [0.25, 0.3) is 5.91 Å². The molecule has 0 atom stereocenters. The number of hydrogen-bond acceptors (Lipinski definition) is 4. The molecule has 2 rings (SSSR count). The van der Waals surface area contributed by atoms with Crippen molar-refractivity contribution in [1.82, 2.24) is 10.6 Å². The molecule has 0 saturated heterocycles. The molecule has 1 aromatic carbocycles. The highest BCUT2D eigenvalue weighted by atomic mass is 16.5. The first kappa shape index (κ1) is 13.2. The van der Waals surface area contributed by atoms with E-state index >= 15 is 0 Å². The van der Waals surface area contributed by atoms with Crippen LogP contribution < -0.4 is 21.1 Å². The summed E-state index contributed by atoms with van der Waals surface area (Å²) in [6, 6.07) is 5.03. The fraction of sp³-hybridized carbons (Fsp3) is 0.385. The molecule has 0 unspecified atom stereocenters. The summed E-state index contributed by atoms with van der Waals surface area (Å²) in [6.07, 6.45) is 2.05. The Morgan fingerprint density at radius 2 is 2.16 bits per heavy atom. The molecule has 0 radical (unpaired) electrons. The second kappa shape index (κ2) is 5.60. The summed E-state index contributed by atoms with van der Waals surface area (Å²) in [7, 11) is 1.51. The van der Waals surface area contributed by atoms with Crippen molar-refractivity contribution in [3.8, 4) is 5.75 Å². The maximum absolute atomic E-state index is 11.8. The number of methoxy groups -OCH3 is 1. The van der Waals surface area contributed by atoms with Crippen molar-refractivity contribution in [2.75, 3.05) is 19.4 Å². The van der Waals surface area contributed by atoms with Crippen LogP contribution in [0.15, 0.2) is 18.2 Å². The number of benzene rings is 1. The Hall–Kier alpha value is -2.24. The molecular weight excluding hydrogens is 246 g/mol. The summed E-state index contributed by atoms with van der Waals surface area (Å²) >= 11 is 0. The van der Waals surface area contributed by atoms with Gasteiger partial charge in [0.05, 0.1) is 19.3 Å². The second-order valence-corrected chi connectivity index (χ2v) is 4.48. The first-order chi connectivity index (χ1) is 9.10. The molecule has 1 aliphatic carbocycles. The van der Waals surface area contributed by atoms with Gasteiger partial charge in [-0.25, -0.2) is 0 Å². The van der Waals surface area contributed by atoms with Gasteiger partial charge in [-0.2, -0.15) is 0 Å². The minimum atomic E-state index is -0.333. The van der Waals surface area contributed by atoms with Gasteiger partial charge in [-0.3, -0.25) is 9.59 Å². The lowest BCUT2D eigenvalue weighted by atomic mass is 10.2. The lowest BCUT2D eigenvalue weighted by molar-refractivity contribution is -0.120. The minimum Gasteiger partial charge on any atom is -0.495 e. The molecular formula is C13H17N3O3. The van der Waals surface area contributed by atoms with Crippen molar-refractivity contribution >= 4 is 17.5 Å². The van der Waals surface area contributed by atoms with Crippen LogP contribution in [0.4, 0.5) is 5.69 Å². The highest BCUT2D eigenvalue weighted by molar-refractivity contribution is 5.97. The smallest absolute Gasteiger partial charge is 0.251 e. The average Bonchev–Trinajstić information content (AvgIpc) is 3.19. The predicted octanol–water partition coefficient (Wildman–Crippen LogP) is 0.286. The molecule has 1 aliphatic rings. The van der Waals surface area contributed by atoms with E-state index in [-0.39, 0.29) is 18.4 Å². The van der Waals surface area contributed by atoms with Crippen LogP contribution in [-0.4, -0.2) is 31.5 Å². The fourth-order valence-electron chi connectivity index (χ4n) is 1.64. The topological polar surface area (TPSA) is 93.4 Å². The van der Waals surface area contributed by atoms with Gasteiger partial charge in [-0.05, 0) is 31.0 Å². The van der Waals surface area contributed by atoms with Crippen molar-refractivity contribution in [1.29, 1.82) is 0 Å². The summed E-state index contributed by atoms with van der Waals surface area (Å²) in [4.78, 5) is 23.2. The van der Waals surface area contributed by atoms with Crippen molar-refractivity contribution < 1.29 is 14.3 Å². The highest BCUT2D eigenvalue weighted by Gasteiger charge is 2.23. The van der Waals surface area contributed by atoms with Gasteiger partial charge in [0.1, 0.15) is 5.75 Å². The van der Waals surface area contributed by atoms with E-state index < -0.39 is 0 Å². The third kappa shape index (κ3) is 3.61. The summed E-state index contributed by atoms with van der Waals surface area (Å²) in [5.74, 6) is 0.0145. The van der Waals surface area contributed by atoms with Gasteiger partial charge < -0.3 is 21.1 Å². The predicted molar refractivity (Wildman–Crippen MR) is 70.9 cm³/mol. The lowest BCUT2D eigenvalue weighted by Gasteiger charge is -2.08. The molecule has 2 amide bonds. The van der Waals surface area contributed by atoms with E-state index in [0.29, 0.717) is 23.0 Å². The van der Waals surface area contributed by atoms with E-state index in [9.17, 15) is 9.59 Å². The molecule has 0 bridgehead atoms. The number of carbonyl (C=O) groups excluding carboxylic acids is 2. The fourth-order valence-corrected chi connectivity index (χ4v) is 1.64. The molecule has 6 heteroatoms. The van der Waals surface area contributed by atoms with Gasteiger partial charge in [0, 0.05) is 11.6 Å². The Bertz CT molecular complexity index is 498. The Morgan fingerprint density at radius 1 is 1.42 bits per heavy atom. The van der Waals surface area contributed by atoms with Crippen LogP contribution in [0.5, 0.6) is 5.75 Å². The molecule has 0 aromatic heterocycles. The Kier molecular flexibility index (Phi) is 3.89.